The predicted octanol–water partition coefficient (Wildman–Crippen LogP) is 4.71. The normalized spacial score (nSPS) is 10.0. The van der Waals surface area contributed by atoms with Crippen molar-refractivity contribution in [2.45, 2.75) is 13.3 Å². The molecule has 2 aromatic rings. The number of benzene rings is 2. The van der Waals surface area contributed by atoms with Gasteiger partial charge in [-0.15, -0.1) is 0 Å². The first-order valence-electron chi connectivity index (χ1n) is 6.10. The summed E-state index contributed by atoms with van der Waals surface area (Å²) in [5.41, 5.74) is 3.14. The summed E-state index contributed by atoms with van der Waals surface area (Å²) in [7, 11) is 0. The van der Waals surface area contributed by atoms with Gasteiger partial charge in [-0.1, -0.05) is 42.8 Å². The molecule has 2 aromatic carbocycles. The zero-order chi connectivity index (χ0) is 13.7. The van der Waals surface area contributed by atoms with Crippen molar-refractivity contribution in [3.63, 3.8) is 0 Å². The van der Waals surface area contributed by atoms with Gasteiger partial charge in [0.2, 0.25) is 0 Å². The Morgan fingerprint density at radius 3 is 2.63 bits per heavy atom. The van der Waals surface area contributed by atoms with E-state index in [0.29, 0.717) is 10.1 Å². The highest BCUT2D eigenvalue weighted by atomic mass is 35.5. The molecule has 0 radical (unpaired) electrons. The van der Waals surface area contributed by atoms with Crippen molar-refractivity contribution in [3.8, 4) is 0 Å². The molecule has 0 heterocycles. The highest BCUT2D eigenvalue weighted by Crippen LogP contribution is 2.18. The van der Waals surface area contributed by atoms with Crippen molar-refractivity contribution in [2.75, 3.05) is 10.6 Å². The first-order chi connectivity index (χ1) is 9.19. The van der Waals surface area contributed by atoms with Crippen LogP contribution in [0.4, 0.5) is 11.4 Å². The van der Waals surface area contributed by atoms with Crippen molar-refractivity contribution in [3.05, 3.63) is 59.1 Å². The van der Waals surface area contributed by atoms with E-state index >= 15 is 0 Å². The summed E-state index contributed by atoms with van der Waals surface area (Å²) >= 11 is 11.2. The summed E-state index contributed by atoms with van der Waals surface area (Å²) in [6, 6.07) is 15.6. The van der Waals surface area contributed by atoms with E-state index in [1.165, 1.54) is 5.56 Å². The van der Waals surface area contributed by atoms with E-state index in [-0.39, 0.29) is 0 Å². The average molecular weight is 291 g/mol. The third kappa shape index (κ3) is 3.94. The lowest BCUT2D eigenvalue weighted by Gasteiger charge is -2.13. The van der Waals surface area contributed by atoms with Gasteiger partial charge >= 0.3 is 0 Å². The molecular formula is C15H15ClN2S. The Balaban J connectivity index is 2.05. The first kappa shape index (κ1) is 13.8. The molecule has 98 valence electrons. The summed E-state index contributed by atoms with van der Waals surface area (Å²) in [4.78, 5) is 0. The summed E-state index contributed by atoms with van der Waals surface area (Å²) in [5.74, 6) is 0. The topological polar surface area (TPSA) is 24.1 Å². The molecule has 0 saturated carbocycles. The second-order valence-electron chi connectivity index (χ2n) is 4.10. The van der Waals surface area contributed by atoms with E-state index in [4.69, 9.17) is 23.8 Å². The second kappa shape index (κ2) is 6.55. The predicted molar refractivity (Wildman–Crippen MR) is 87.1 cm³/mol. The van der Waals surface area contributed by atoms with Gasteiger partial charge in [-0.25, -0.2) is 0 Å². The molecule has 0 aromatic heterocycles. The van der Waals surface area contributed by atoms with Crippen molar-refractivity contribution in [2.24, 2.45) is 0 Å². The lowest BCUT2D eigenvalue weighted by Crippen LogP contribution is -2.19. The van der Waals surface area contributed by atoms with Crippen LogP contribution < -0.4 is 10.6 Å². The lowest BCUT2D eigenvalue weighted by atomic mass is 10.1. The molecule has 2 N–H and O–H groups in total. The number of nitrogens with one attached hydrogen (secondary N) is 2. The van der Waals surface area contributed by atoms with Gasteiger partial charge in [0.15, 0.2) is 5.11 Å². The number of hydrogen-bond acceptors (Lipinski definition) is 1. The quantitative estimate of drug-likeness (QED) is 0.801. The smallest absolute Gasteiger partial charge is 0.175 e. The number of thiocarbonyl (C=S) groups is 1. The summed E-state index contributed by atoms with van der Waals surface area (Å²) in [6.07, 6.45) is 0.961. The molecule has 0 fully saturated rings. The van der Waals surface area contributed by atoms with Gasteiger partial charge in [-0.2, -0.15) is 0 Å². The molecule has 2 nitrogen and oxygen atoms in total. The first-order valence-corrected chi connectivity index (χ1v) is 6.89. The van der Waals surface area contributed by atoms with E-state index in [0.717, 1.165) is 17.8 Å². The maximum absolute atomic E-state index is 5.93. The van der Waals surface area contributed by atoms with Crippen LogP contribution in [0.15, 0.2) is 48.5 Å². The molecule has 0 bridgehead atoms. The zero-order valence-electron chi connectivity index (χ0n) is 10.6. The fourth-order valence-corrected chi connectivity index (χ4v) is 2.22. The van der Waals surface area contributed by atoms with Crippen LogP contribution in [-0.2, 0) is 6.42 Å². The van der Waals surface area contributed by atoms with E-state index in [2.05, 4.69) is 23.6 Å². The average Bonchev–Trinajstić information content (AvgIpc) is 2.39. The molecule has 0 amide bonds. The Morgan fingerprint density at radius 1 is 1.11 bits per heavy atom. The molecule has 4 heteroatoms. The zero-order valence-corrected chi connectivity index (χ0v) is 12.2. The van der Waals surface area contributed by atoms with Crippen molar-refractivity contribution < 1.29 is 0 Å². The molecule has 0 aliphatic rings. The Labute approximate surface area is 123 Å². The van der Waals surface area contributed by atoms with E-state index in [1.807, 2.05) is 42.5 Å². The van der Waals surface area contributed by atoms with Crippen molar-refractivity contribution in [1.29, 1.82) is 0 Å². The van der Waals surface area contributed by atoms with Crippen molar-refractivity contribution >= 4 is 40.3 Å². The molecule has 0 unspecified atom stereocenters. The van der Waals surface area contributed by atoms with E-state index in [9.17, 15) is 0 Å². The van der Waals surface area contributed by atoms with Gasteiger partial charge in [-0.3, -0.25) is 0 Å². The maximum Gasteiger partial charge on any atom is 0.175 e. The van der Waals surface area contributed by atoms with Crippen LogP contribution in [-0.4, -0.2) is 5.11 Å². The minimum absolute atomic E-state index is 0.558. The Hall–Kier alpha value is -1.58. The van der Waals surface area contributed by atoms with Crippen LogP contribution in [0.2, 0.25) is 5.02 Å². The Bertz CT molecular complexity index is 584. The van der Waals surface area contributed by atoms with Crippen LogP contribution in [0, 0.1) is 0 Å². The minimum atomic E-state index is 0.558. The molecule has 2 rings (SSSR count). The number of halogens is 1. The van der Waals surface area contributed by atoms with Gasteiger partial charge in [0.1, 0.15) is 0 Å². The number of hydrogen-bond donors (Lipinski definition) is 2. The summed E-state index contributed by atoms with van der Waals surface area (Å²) in [6.45, 7) is 2.12. The SMILES string of the molecule is CCc1ccccc1NC(=S)Nc1cccc(Cl)c1. The second-order valence-corrected chi connectivity index (χ2v) is 4.94. The number of rotatable bonds is 3. The lowest BCUT2D eigenvalue weighted by molar-refractivity contribution is 1.14. The molecule has 0 aliphatic heterocycles. The molecule has 19 heavy (non-hydrogen) atoms. The van der Waals surface area contributed by atoms with Crippen LogP contribution in [0.25, 0.3) is 0 Å². The molecule has 0 saturated heterocycles. The number of anilines is 2. The van der Waals surface area contributed by atoms with Gasteiger partial charge < -0.3 is 10.6 Å². The fourth-order valence-electron chi connectivity index (χ4n) is 1.80. The van der Waals surface area contributed by atoms with Gasteiger partial charge in [-0.05, 0) is 48.5 Å². The van der Waals surface area contributed by atoms with Crippen LogP contribution in [0.1, 0.15) is 12.5 Å². The summed E-state index contributed by atoms with van der Waals surface area (Å²) < 4.78 is 0. The third-order valence-corrected chi connectivity index (χ3v) is 3.17. The largest absolute Gasteiger partial charge is 0.332 e. The Kier molecular flexibility index (Phi) is 4.77. The molecular weight excluding hydrogens is 276 g/mol. The monoisotopic (exact) mass is 290 g/mol. The van der Waals surface area contributed by atoms with Gasteiger partial charge in [0, 0.05) is 16.4 Å². The van der Waals surface area contributed by atoms with E-state index in [1.54, 1.807) is 0 Å². The van der Waals surface area contributed by atoms with Gasteiger partial charge in [0.05, 0.1) is 0 Å². The highest BCUT2D eigenvalue weighted by Gasteiger charge is 2.02. The van der Waals surface area contributed by atoms with Crippen LogP contribution >= 0.6 is 23.8 Å². The fraction of sp³-hybridized carbons (Fsp3) is 0.133. The Morgan fingerprint density at radius 2 is 1.89 bits per heavy atom. The maximum atomic E-state index is 5.93. The number of aryl methyl sites for hydroxylation is 1. The number of para-hydroxylation sites is 1. The molecule has 0 atom stereocenters. The van der Waals surface area contributed by atoms with Crippen LogP contribution in [0.5, 0.6) is 0 Å². The third-order valence-electron chi connectivity index (χ3n) is 2.73. The van der Waals surface area contributed by atoms with Crippen molar-refractivity contribution in [1.82, 2.24) is 0 Å². The van der Waals surface area contributed by atoms with Gasteiger partial charge in [0.25, 0.3) is 0 Å². The standard InChI is InChI=1S/C15H15ClN2S/c1-2-11-6-3-4-9-14(11)18-15(19)17-13-8-5-7-12(16)10-13/h3-10H,2H2,1H3,(H2,17,18,19). The minimum Gasteiger partial charge on any atom is -0.332 e. The molecule has 0 aliphatic carbocycles. The molecule has 0 spiro atoms. The van der Waals surface area contributed by atoms with E-state index < -0.39 is 0 Å². The van der Waals surface area contributed by atoms with Crippen LogP contribution in [0.3, 0.4) is 0 Å². The highest BCUT2D eigenvalue weighted by molar-refractivity contribution is 7.80. The summed E-state index contributed by atoms with van der Waals surface area (Å²) in [5, 5.41) is 7.57.